The highest BCUT2D eigenvalue weighted by atomic mass is 19.4. The first-order valence-corrected chi connectivity index (χ1v) is 9.82. The molecule has 0 aliphatic carbocycles. The van der Waals surface area contributed by atoms with Crippen LogP contribution >= 0.6 is 0 Å². The van der Waals surface area contributed by atoms with Gasteiger partial charge in [0.2, 0.25) is 0 Å². The Morgan fingerprint density at radius 1 is 0.848 bits per heavy atom. The number of pyridine rings is 1. The summed E-state index contributed by atoms with van der Waals surface area (Å²) in [5, 5.41) is 3.74. The summed E-state index contributed by atoms with van der Waals surface area (Å²) in [6, 6.07) is 13.6. The second kappa shape index (κ2) is 7.84. The van der Waals surface area contributed by atoms with E-state index in [1.807, 2.05) is 0 Å². The van der Waals surface area contributed by atoms with E-state index in [1.165, 1.54) is 12.1 Å². The van der Waals surface area contributed by atoms with Crippen LogP contribution < -0.4 is 0 Å². The molecule has 166 valence electrons. The Kier molecular flexibility index (Phi) is 4.96. The third kappa shape index (κ3) is 4.09. The van der Waals surface area contributed by atoms with Crippen molar-refractivity contribution in [1.29, 1.82) is 0 Å². The summed E-state index contributed by atoms with van der Waals surface area (Å²) in [4.78, 5) is 4.45. The normalized spacial score (nSPS) is 11.9. The van der Waals surface area contributed by atoms with Crippen molar-refractivity contribution in [2.45, 2.75) is 12.7 Å². The monoisotopic (exact) mass is 455 g/mol. The van der Waals surface area contributed by atoms with E-state index in [-0.39, 0.29) is 23.6 Å². The van der Waals surface area contributed by atoms with Gasteiger partial charge in [-0.15, -0.1) is 0 Å². The first kappa shape index (κ1) is 20.9. The highest BCUT2D eigenvalue weighted by Crippen LogP contribution is 2.37. The lowest BCUT2D eigenvalue weighted by Gasteiger charge is -2.10. The highest BCUT2D eigenvalue weighted by Gasteiger charge is 2.35. The van der Waals surface area contributed by atoms with E-state index >= 15 is 0 Å². The molecule has 33 heavy (non-hydrogen) atoms. The van der Waals surface area contributed by atoms with E-state index in [0.29, 0.717) is 28.8 Å². The van der Waals surface area contributed by atoms with Gasteiger partial charge in [0.25, 0.3) is 0 Å². The molecular weight excluding hydrogens is 441 g/mol. The Bertz CT molecular complexity index is 1420. The third-order valence-electron chi connectivity index (χ3n) is 5.17. The van der Waals surface area contributed by atoms with Crippen LogP contribution in [0.5, 0.6) is 0 Å². The Hall–Kier alpha value is -4.01. The zero-order valence-corrected chi connectivity index (χ0v) is 16.8. The number of halogens is 5. The molecule has 1 aromatic heterocycles. The molecule has 0 radical (unpaired) electrons. The van der Waals surface area contributed by atoms with Crippen molar-refractivity contribution in [1.82, 2.24) is 14.7 Å². The SMILES string of the molecule is Fc1ccc(-c2cc(Cn3ccc4nc(-c5ccccc5F)cc-4c3)on2)c(C(F)(F)F)c1. The number of hydrogen-bond donors (Lipinski definition) is 0. The number of aromatic nitrogens is 3. The van der Waals surface area contributed by atoms with E-state index in [1.54, 1.807) is 47.3 Å². The molecule has 0 saturated carbocycles. The Labute approximate surface area is 184 Å². The van der Waals surface area contributed by atoms with Gasteiger partial charge < -0.3 is 9.09 Å². The Balaban J connectivity index is 1.43. The summed E-state index contributed by atoms with van der Waals surface area (Å²) in [6.45, 7) is 0.186. The lowest BCUT2D eigenvalue weighted by atomic mass is 10.0. The lowest BCUT2D eigenvalue weighted by molar-refractivity contribution is -0.137. The van der Waals surface area contributed by atoms with E-state index in [2.05, 4.69) is 10.1 Å². The highest BCUT2D eigenvalue weighted by molar-refractivity contribution is 5.73. The maximum absolute atomic E-state index is 14.1. The molecule has 3 aromatic rings. The van der Waals surface area contributed by atoms with Gasteiger partial charge in [-0.3, -0.25) is 0 Å². The molecule has 3 heterocycles. The molecule has 2 aromatic carbocycles. The number of hydrogen-bond acceptors (Lipinski definition) is 3. The molecule has 0 spiro atoms. The molecule has 0 N–H and O–H groups in total. The standard InChI is InChI=1S/C24H14F5N3O/c25-15-5-6-17(19(10-15)24(27,28)29)23-11-16(33-31-23)13-32-8-7-21-14(12-32)9-22(30-21)18-3-1-2-4-20(18)26/h1-12H,13H2. The minimum atomic E-state index is -4.74. The molecule has 0 amide bonds. The largest absolute Gasteiger partial charge is 0.417 e. The van der Waals surface area contributed by atoms with Gasteiger partial charge in [0.15, 0.2) is 5.76 Å². The van der Waals surface area contributed by atoms with Crippen molar-refractivity contribution in [3.8, 4) is 33.8 Å². The minimum absolute atomic E-state index is 0.0455. The topological polar surface area (TPSA) is 43.9 Å². The predicted molar refractivity (Wildman–Crippen MR) is 110 cm³/mol. The van der Waals surface area contributed by atoms with Crippen molar-refractivity contribution in [3.05, 3.63) is 96.0 Å². The summed E-state index contributed by atoms with van der Waals surface area (Å²) in [5.74, 6) is -1.06. The van der Waals surface area contributed by atoms with E-state index < -0.39 is 17.6 Å². The molecule has 0 unspecified atom stereocenters. The maximum Gasteiger partial charge on any atom is 0.417 e. The molecule has 5 rings (SSSR count). The minimum Gasteiger partial charge on any atom is -0.359 e. The van der Waals surface area contributed by atoms with Gasteiger partial charge in [-0.05, 0) is 42.5 Å². The lowest BCUT2D eigenvalue weighted by Crippen LogP contribution is -2.07. The molecule has 0 fully saturated rings. The summed E-state index contributed by atoms with van der Waals surface area (Å²) >= 11 is 0. The van der Waals surface area contributed by atoms with Gasteiger partial charge in [-0.1, -0.05) is 17.3 Å². The van der Waals surface area contributed by atoms with Crippen LogP contribution in [-0.4, -0.2) is 14.7 Å². The van der Waals surface area contributed by atoms with Crippen LogP contribution in [0.2, 0.25) is 0 Å². The summed E-state index contributed by atoms with van der Waals surface area (Å²) in [5.41, 5.74) is 0.876. The molecule has 2 aliphatic rings. The smallest absolute Gasteiger partial charge is 0.359 e. The second-order valence-electron chi connectivity index (χ2n) is 7.45. The van der Waals surface area contributed by atoms with E-state index in [0.717, 1.165) is 17.7 Å². The van der Waals surface area contributed by atoms with Crippen LogP contribution in [0.1, 0.15) is 11.3 Å². The maximum atomic E-state index is 14.1. The summed E-state index contributed by atoms with van der Waals surface area (Å²) in [7, 11) is 0. The molecule has 0 atom stereocenters. The van der Waals surface area contributed by atoms with E-state index in [9.17, 15) is 22.0 Å². The van der Waals surface area contributed by atoms with Crippen molar-refractivity contribution < 1.29 is 26.5 Å². The molecule has 9 heteroatoms. The quantitative estimate of drug-likeness (QED) is 0.285. The van der Waals surface area contributed by atoms with Crippen molar-refractivity contribution >= 4 is 0 Å². The van der Waals surface area contributed by atoms with Crippen molar-refractivity contribution in [2.24, 2.45) is 0 Å². The first-order chi connectivity index (χ1) is 15.8. The summed E-state index contributed by atoms with van der Waals surface area (Å²) < 4.78 is 74.3. The average Bonchev–Trinajstić information content (AvgIpc) is 3.40. The number of nitrogens with zero attached hydrogens (tertiary/aromatic N) is 3. The predicted octanol–water partition coefficient (Wildman–Crippen LogP) is 6.66. The first-order valence-electron chi connectivity index (χ1n) is 9.82. The Morgan fingerprint density at radius 2 is 1.67 bits per heavy atom. The molecule has 2 aliphatic heterocycles. The van der Waals surface area contributed by atoms with Crippen molar-refractivity contribution in [2.75, 3.05) is 0 Å². The zero-order valence-electron chi connectivity index (χ0n) is 16.8. The van der Waals surface area contributed by atoms with Crippen LogP contribution in [0.15, 0.2) is 77.6 Å². The Morgan fingerprint density at radius 3 is 2.45 bits per heavy atom. The molecule has 4 nitrogen and oxygen atoms in total. The number of rotatable bonds is 4. The zero-order chi connectivity index (χ0) is 23.2. The molecule has 0 saturated heterocycles. The molecule has 0 bridgehead atoms. The van der Waals surface area contributed by atoms with Gasteiger partial charge in [0.05, 0.1) is 23.5 Å². The fraction of sp³-hybridized carbons (Fsp3) is 0.0833. The van der Waals surface area contributed by atoms with Crippen molar-refractivity contribution in [3.63, 3.8) is 0 Å². The molecular formula is C24H14F5N3O. The van der Waals surface area contributed by atoms with Crippen LogP contribution in [0.4, 0.5) is 22.0 Å². The number of fused-ring (bicyclic) bond motifs is 1. The van der Waals surface area contributed by atoms with Crippen LogP contribution in [-0.2, 0) is 12.7 Å². The van der Waals surface area contributed by atoms with Crippen LogP contribution in [0.25, 0.3) is 33.8 Å². The summed E-state index contributed by atoms with van der Waals surface area (Å²) in [6.07, 6.45) is -1.24. The van der Waals surface area contributed by atoms with Crippen LogP contribution in [0, 0.1) is 11.6 Å². The number of alkyl halides is 3. The van der Waals surface area contributed by atoms with Gasteiger partial charge >= 0.3 is 6.18 Å². The van der Waals surface area contributed by atoms with Gasteiger partial charge in [0, 0.05) is 35.2 Å². The number of benzene rings is 2. The second-order valence-corrected chi connectivity index (χ2v) is 7.45. The van der Waals surface area contributed by atoms with Crippen LogP contribution in [0.3, 0.4) is 0 Å². The fourth-order valence-electron chi connectivity index (χ4n) is 3.65. The van der Waals surface area contributed by atoms with Gasteiger partial charge in [0.1, 0.15) is 17.3 Å². The van der Waals surface area contributed by atoms with Gasteiger partial charge in [-0.2, -0.15) is 13.2 Å². The van der Waals surface area contributed by atoms with Gasteiger partial charge in [-0.25, -0.2) is 13.8 Å². The average molecular weight is 455 g/mol. The third-order valence-corrected chi connectivity index (χ3v) is 5.17. The fourth-order valence-corrected chi connectivity index (χ4v) is 3.65. The van der Waals surface area contributed by atoms with E-state index in [4.69, 9.17) is 4.52 Å².